The summed E-state index contributed by atoms with van der Waals surface area (Å²) in [7, 11) is 3.66. The maximum atomic E-state index is 5.29. The Labute approximate surface area is 133 Å². The van der Waals surface area contributed by atoms with Gasteiger partial charge in [0.05, 0.1) is 7.11 Å². The molecule has 5 heteroatoms. The summed E-state index contributed by atoms with van der Waals surface area (Å²) in [6, 6.07) is 6.22. The van der Waals surface area contributed by atoms with Crippen LogP contribution in [0.25, 0.3) is 11.4 Å². The van der Waals surface area contributed by atoms with Gasteiger partial charge in [-0.1, -0.05) is 15.9 Å². The molecule has 0 radical (unpaired) electrons. The zero-order valence-corrected chi connectivity index (χ0v) is 13.8. The fraction of sp³-hybridized carbons (Fsp3) is 0.375. The highest BCUT2D eigenvalue weighted by Crippen LogP contribution is 2.33. The van der Waals surface area contributed by atoms with Gasteiger partial charge in [0, 0.05) is 33.5 Å². The molecule has 1 aromatic heterocycles. The van der Waals surface area contributed by atoms with Crippen LogP contribution in [0.1, 0.15) is 30.1 Å². The first-order valence-electron chi connectivity index (χ1n) is 7.10. The van der Waals surface area contributed by atoms with E-state index in [1.807, 2.05) is 31.4 Å². The summed E-state index contributed by atoms with van der Waals surface area (Å²) in [5.74, 6) is 1.55. The summed E-state index contributed by atoms with van der Waals surface area (Å²) in [5.41, 5.74) is 3.34. The van der Waals surface area contributed by atoms with Crippen molar-refractivity contribution in [3.8, 4) is 17.1 Å². The van der Waals surface area contributed by atoms with Crippen molar-refractivity contribution >= 4 is 15.9 Å². The van der Waals surface area contributed by atoms with Crippen LogP contribution in [0.2, 0.25) is 0 Å². The van der Waals surface area contributed by atoms with Gasteiger partial charge in [0.15, 0.2) is 5.82 Å². The van der Waals surface area contributed by atoms with E-state index in [1.54, 1.807) is 7.11 Å². The second kappa shape index (κ2) is 6.12. The normalized spacial score (nSPS) is 17.4. The molecule has 0 amide bonds. The SMILES string of the molecule is CNC1CCCc2nc(-c3cc(OC)ccc3Br)ncc21. The predicted octanol–water partition coefficient (Wildman–Crippen LogP) is 3.51. The molecule has 110 valence electrons. The highest BCUT2D eigenvalue weighted by molar-refractivity contribution is 9.10. The smallest absolute Gasteiger partial charge is 0.160 e. The number of nitrogens with zero attached hydrogens (tertiary/aromatic N) is 2. The van der Waals surface area contributed by atoms with E-state index < -0.39 is 0 Å². The Bertz CT molecular complexity index is 660. The van der Waals surface area contributed by atoms with Crippen LogP contribution in [0.3, 0.4) is 0 Å². The molecule has 0 spiro atoms. The Balaban J connectivity index is 2.04. The van der Waals surface area contributed by atoms with E-state index in [0.29, 0.717) is 6.04 Å². The first-order valence-corrected chi connectivity index (χ1v) is 7.89. The number of nitrogens with one attached hydrogen (secondary N) is 1. The fourth-order valence-corrected chi connectivity index (χ4v) is 3.20. The van der Waals surface area contributed by atoms with Crippen LogP contribution in [0.4, 0.5) is 0 Å². The largest absolute Gasteiger partial charge is 0.497 e. The third-order valence-corrected chi connectivity index (χ3v) is 4.64. The Hall–Kier alpha value is -1.46. The van der Waals surface area contributed by atoms with Crippen LogP contribution in [0, 0.1) is 0 Å². The number of hydrogen-bond donors (Lipinski definition) is 1. The highest BCUT2D eigenvalue weighted by atomic mass is 79.9. The second-order valence-electron chi connectivity index (χ2n) is 5.17. The monoisotopic (exact) mass is 347 g/mol. The summed E-state index contributed by atoms with van der Waals surface area (Å²) < 4.78 is 6.27. The van der Waals surface area contributed by atoms with Crippen molar-refractivity contribution in [2.75, 3.05) is 14.2 Å². The molecular formula is C16H18BrN3O. The molecule has 1 N–H and O–H groups in total. The summed E-state index contributed by atoms with van der Waals surface area (Å²) in [6.07, 6.45) is 5.29. The third-order valence-electron chi connectivity index (χ3n) is 3.94. The lowest BCUT2D eigenvalue weighted by Crippen LogP contribution is -2.22. The molecule has 3 rings (SSSR count). The molecule has 0 bridgehead atoms. The maximum absolute atomic E-state index is 5.29. The minimum atomic E-state index is 0.372. The molecule has 0 fully saturated rings. The number of benzene rings is 1. The highest BCUT2D eigenvalue weighted by Gasteiger charge is 2.21. The standard InChI is InChI=1S/C16H18BrN3O/c1-18-14-4-3-5-15-12(14)9-19-16(20-15)11-8-10(21-2)6-7-13(11)17/h6-9,14,18H,3-5H2,1-2H3. The number of halogens is 1. The number of aryl methyl sites for hydroxylation is 1. The van der Waals surface area contributed by atoms with Gasteiger partial charge < -0.3 is 10.1 Å². The second-order valence-corrected chi connectivity index (χ2v) is 6.03. The zero-order valence-electron chi connectivity index (χ0n) is 12.2. The van der Waals surface area contributed by atoms with Gasteiger partial charge in [-0.2, -0.15) is 0 Å². The lowest BCUT2D eigenvalue weighted by molar-refractivity contribution is 0.415. The molecule has 21 heavy (non-hydrogen) atoms. The van der Waals surface area contributed by atoms with E-state index >= 15 is 0 Å². The average molecular weight is 348 g/mol. The number of hydrogen-bond acceptors (Lipinski definition) is 4. The van der Waals surface area contributed by atoms with Crippen LogP contribution in [-0.2, 0) is 6.42 Å². The first-order chi connectivity index (χ1) is 10.2. The van der Waals surface area contributed by atoms with Gasteiger partial charge in [-0.15, -0.1) is 0 Å². The van der Waals surface area contributed by atoms with Gasteiger partial charge in [0.1, 0.15) is 5.75 Å². The number of rotatable bonds is 3. The van der Waals surface area contributed by atoms with Crippen molar-refractivity contribution in [1.82, 2.24) is 15.3 Å². The van der Waals surface area contributed by atoms with Crippen LogP contribution in [-0.4, -0.2) is 24.1 Å². The number of methoxy groups -OCH3 is 1. The van der Waals surface area contributed by atoms with Crippen LogP contribution < -0.4 is 10.1 Å². The van der Waals surface area contributed by atoms with Crippen molar-refractivity contribution in [3.63, 3.8) is 0 Å². The van der Waals surface area contributed by atoms with Gasteiger partial charge in [0.25, 0.3) is 0 Å². The van der Waals surface area contributed by atoms with E-state index in [1.165, 1.54) is 5.56 Å². The Morgan fingerprint density at radius 2 is 2.24 bits per heavy atom. The molecule has 0 saturated heterocycles. The third kappa shape index (κ3) is 2.80. The topological polar surface area (TPSA) is 47.0 Å². The molecule has 0 aliphatic heterocycles. The predicted molar refractivity (Wildman–Crippen MR) is 86.5 cm³/mol. The van der Waals surface area contributed by atoms with E-state index in [9.17, 15) is 0 Å². The number of aromatic nitrogens is 2. The van der Waals surface area contributed by atoms with Gasteiger partial charge in [-0.3, -0.25) is 0 Å². The molecule has 1 atom stereocenters. The van der Waals surface area contributed by atoms with Crippen molar-refractivity contribution < 1.29 is 4.74 Å². The van der Waals surface area contributed by atoms with E-state index in [-0.39, 0.29) is 0 Å². The summed E-state index contributed by atoms with van der Waals surface area (Å²) in [5, 5.41) is 3.34. The zero-order chi connectivity index (χ0) is 14.8. The van der Waals surface area contributed by atoms with E-state index in [0.717, 1.165) is 46.6 Å². The summed E-state index contributed by atoms with van der Waals surface area (Å²) in [4.78, 5) is 9.34. The van der Waals surface area contributed by atoms with Crippen LogP contribution >= 0.6 is 15.9 Å². The maximum Gasteiger partial charge on any atom is 0.160 e. The van der Waals surface area contributed by atoms with Crippen LogP contribution in [0.5, 0.6) is 5.75 Å². The lowest BCUT2D eigenvalue weighted by Gasteiger charge is -2.24. The van der Waals surface area contributed by atoms with Crippen molar-refractivity contribution in [2.24, 2.45) is 0 Å². The molecule has 2 aromatic rings. The quantitative estimate of drug-likeness (QED) is 0.922. The molecule has 1 aromatic carbocycles. The van der Waals surface area contributed by atoms with Crippen molar-refractivity contribution in [1.29, 1.82) is 0 Å². The molecular weight excluding hydrogens is 330 g/mol. The van der Waals surface area contributed by atoms with E-state index in [2.05, 4.69) is 26.2 Å². The Morgan fingerprint density at radius 1 is 1.38 bits per heavy atom. The van der Waals surface area contributed by atoms with Crippen LogP contribution in [0.15, 0.2) is 28.9 Å². The van der Waals surface area contributed by atoms with Crippen molar-refractivity contribution in [2.45, 2.75) is 25.3 Å². The van der Waals surface area contributed by atoms with Gasteiger partial charge in [-0.25, -0.2) is 9.97 Å². The molecule has 1 aliphatic rings. The first kappa shape index (κ1) is 14.5. The summed E-state index contributed by atoms with van der Waals surface area (Å²) >= 11 is 3.57. The number of fused-ring (bicyclic) bond motifs is 1. The van der Waals surface area contributed by atoms with Gasteiger partial charge in [-0.05, 0) is 44.5 Å². The number of ether oxygens (including phenoxy) is 1. The Kier molecular flexibility index (Phi) is 4.22. The summed E-state index contributed by atoms with van der Waals surface area (Å²) in [6.45, 7) is 0. The molecule has 0 saturated carbocycles. The lowest BCUT2D eigenvalue weighted by atomic mass is 9.92. The fourth-order valence-electron chi connectivity index (χ4n) is 2.78. The minimum absolute atomic E-state index is 0.372. The van der Waals surface area contributed by atoms with Gasteiger partial charge in [0.2, 0.25) is 0 Å². The molecule has 1 aliphatic carbocycles. The molecule has 4 nitrogen and oxygen atoms in total. The Morgan fingerprint density at radius 3 is 3.00 bits per heavy atom. The molecule has 1 unspecified atom stereocenters. The minimum Gasteiger partial charge on any atom is -0.497 e. The van der Waals surface area contributed by atoms with E-state index in [4.69, 9.17) is 9.72 Å². The average Bonchev–Trinajstić information content (AvgIpc) is 2.54. The van der Waals surface area contributed by atoms with Gasteiger partial charge >= 0.3 is 0 Å². The molecule has 1 heterocycles. The van der Waals surface area contributed by atoms with Crippen molar-refractivity contribution in [3.05, 3.63) is 40.1 Å².